The van der Waals surface area contributed by atoms with Gasteiger partial charge in [0.1, 0.15) is 5.76 Å². The van der Waals surface area contributed by atoms with E-state index in [1.807, 2.05) is 35.2 Å². The molecule has 0 unspecified atom stereocenters. The number of amides is 1. The molecular weight excluding hydrogens is 402 g/mol. The molecule has 0 atom stereocenters. The molecule has 1 fully saturated rings. The van der Waals surface area contributed by atoms with Gasteiger partial charge in [-0.25, -0.2) is 4.79 Å². The van der Waals surface area contributed by atoms with E-state index in [2.05, 4.69) is 14.6 Å². The molecule has 0 radical (unpaired) electrons. The Kier molecular flexibility index (Phi) is 6.25. The zero-order valence-corrected chi connectivity index (χ0v) is 17.6. The molecule has 3 aromatic heterocycles. The van der Waals surface area contributed by atoms with Gasteiger partial charge in [0, 0.05) is 32.4 Å². The molecule has 7 nitrogen and oxygen atoms in total. The molecule has 4 heterocycles. The van der Waals surface area contributed by atoms with Gasteiger partial charge in [0.05, 0.1) is 29.1 Å². The topological polar surface area (TPSA) is 75.9 Å². The molecule has 0 aromatic carbocycles. The SMILES string of the molecule is COC(=O)c1ccc(CN2CCCN(C(=O)c3ccc(-c4ccccn4)s3)CC2)o1. The van der Waals surface area contributed by atoms with E-state index in [1.165, 1.54) is 18.4 Å². The Morgan fingerprint density at radius 1 is 1.10 bits per heavy atom. The fraction of sp³-hybridized carbons (Fsp3) is 0.318. The van der Waals surface area contributed by atoms with Crippen LogP contribution in [-0.4, -0.2) is 59.9 Å². The average Bonchev–Trinajstić information content (AvgIpc) is 3.40. The molecule has 0 saturated carbocycles. The van der Waals surface area contributed by atoms with Crippen molar-refractivity contribution in [2.75, 3.05) is 33.3 Å². The van der Waals surface area contributed by atoms with Gasteiger partial charge in [-0.2, -0.15) is 0 Å². The van der Waals surface area contributed by atoms with Crippen LogP contribution in [0.3, 0.4) is 0 Å². The van der Waals surface area contributed by atoms with E-state index in [1.54, 1.807) is 18.3 Å². The first-order valence-electron chi connectivity index (χ1n) is 9.84. The fourth-order valence-electron chi connectivity index (χ4n) is 3.48. The summed E-state index contributed by atoms with van der Waals surface area (Å²) in [5.41, 5.74) is 0.883. The maximum Gasteiger partial charge on any atom is 0.373 e. The molecular formula is C22H23N3O4S. The van der Waals surface area contributed by atoms with Crippen LogP contribution in [0.15, 0.2) is 53.1 Å². The minimum absolute atomic E-state index is 0.0648. The van der Waals surface area contributed by atoms with Crippen molar-refractivity contribution in [3.05, 3.63) is 65.1 Å². The van der Waals surface area contributed by atoms with Gasteiger partial charge in [0.15, 0.2) is 0 Å². The van der Waals surface area contributed by atoms with Crippen LogP contribution < -0.4 is 0 Å². The number of methoxy groups -OCH3 is 1. The number of thiophene rings is 1. The smallest absolute Gasteiger partial charge is 0.373 e. The maximum absolute atomic E-state index is 13.0. The number of carbonyl (C=O) groups excluding carboxylic acids is 2. The van der Waals surface area contributed by atoms with Crippen molar-refractivity contribution in [2.24, 2.45) is 0 Å². The number of aromatic nitrogens is 1. The normalized spacial score (nSPS) is 15.0. The van der Waals surface area contributed by atoms with Crippen LogP contribution in [0.1, 0.15) is 32.4 Å². The highest BCUT2D eigenvalue weighted by Crippen LogP contribution is 2.27. The van der Waals surface area contributed by atoms with E-state index >= 15 is 0 Å². The lowest BCUT2D eigenvalue weighted by atomic mass is 10.3. The van der Waals surface area contributed by atoms with Crippen molar-refractivity contribution < 1.29 is 18.7 Å². The lowest BCUT2D eigenvalue weighted by Gasteiger charge is -2.21. The van der Waals surface area contributed by atoms with Gasteiger partial charge in [0.2, 0.25) is 5.76 Å². The van der Waals surface area contributed by atoms with Gasteiger partial charge in [-0.15, -0.1) is 11.3 Å². The molecule has 1 saturated heterocycles. The quantitative estimate of drug-likeness (QED) is 0.582. The average molecular weight is 426 g/mol. The largest absolute Gasteiger partial charge is 0.463 e. The third-order valence-electron chi connectivity index (χ3n) is 5.04. The molecule has 0 aliphatic carbocycles. The van der Waals surface area contributed by atoms with E-state index in [-0.39, 0.29) is 11.7 Å². The predicted octanol–water partition coefficient (Wildman–Crippen LogP) is 3.54. The Bertz CT molecular complexity index is 1010. The lowest BCUT2D eigenvalue weighted by molar-refractivity contribution is 0.0560. The first-order valence-corrected chi connectivity index (χ1v) is 10.7. The number of esters is 1. The lowest BCUT2D eigenvalue weighted by Crippen LogP contribution is -2.34. The molecule has 30 heavy (non-hydrogen) atoms. The van der Waals surface area contributed by atoms with E-state index in [9.17, 15) is 9.59 Å². The molecule has 8 heteroatoms. The summed E-state index contributed by atoms with van der Waals surface area (Å²) in [6.45, 7) is 3.58. The number of ether oxygens (including phenoxy) is 1. The number of furan rings is 1. The van der Waals surface area contributed by atoms with Crippen molar-refractivity contribution in [1.82, 2.24) is 14.8 Å². The second kappa shape index (κ2) is 9.23. The van der Waals surface area contributed by atoms with E-state index in [0.29, 0.717) is 18.8 Å². The van der Waals surface area contributed by atoms with Gasteiger partial charge in [0.25, 0.3) is 5.91 Å². The van der Waals surface area contributed by atoms with E-state index in [4.69, 9.17) is 4.42 Å². The van der Waals surface area contributed by atoms with Gasteiger partial charge in [-0.1, -0.05) is 6.07 Å². The molecule has 1 amide bonds. The number of carbonyl (C=O) groups is 2. The number of rotatable bonds is 5. The van der Waals surface area contributed by atoms with Crippen LogP contribution in [0.2, 0.25) is 0 Å². The monoisotopic (exact) mass is 425 g/mol. The fourth-order valence-corrected chi connectivity index (χ4v) is 4.43. The molecule has 4 rings (SSSR count). The highest BCUT2D eigenvalue weighted by atomic mass is 32.1. The van der Waals surface area contributed by atoms with Crippen LogP contribution in [0.5, 0.6) is 0 Å². The Morgan fingerprint density at radius 3 is 2.80 bits per heavy atom. The minimum atomic E-state index is -0.477. The Balaban J connectivity index is 1.36. The number of pyridine rings is 1. The predicted molar refractivity (Wildman–Crippen MR) is 113 cm³/mol. The molecule has 3 aromatic rings. The summed E-state index contributed by atoms with van der Waals surface area (Å²) in [5.74, 6) is 0.513. The number of hydrogen-bond acceptors (Lipinski definition) is 7. The minimum Gasteiger partial charge on any atom is -0.463 e. The highest BCUT2D eigenvalue weighted by molar-refractivity contribution is 7.17. The zero-order valence-electron chi connectivity index (χ0n) is 16.7. The van der Waals surface area contributed by atoms with Crippen LogP contribution in [-0.2, 0) is 11.3 Å². The molecule has 1 aliphatic heterocycles. The number of nitrogens with zero attached hydrogens (tertiary/aromatic N) is 3. The van der Waals surface area contributed by atoms with Crippen LogP contribution in [0.4, 0.5) is 0 Å². The van der Waals surface area contributed by atoms with Gasteiger partial charge in [-0.05, 0) is 42.8 Å². The summed E-state index contributed by atoms with van der Waals surface area (Å²) in [7, 11) is 1.33. The molecule has 0 bridgehead atoms. The third kappa shape index (κ3) is 4.60. The first-order chi connectivity index (χ1) is 14.6. The Labute approximate surface area is 178 Å². The van der Waals surface area contributed by atoms with Gasteiger partial charge in [-0.3, -0.25) is 14.7 Å². The van der Waals surface area contributed by atoms with Crippen molar-refractivity contribution >= 4 is 23.2 Å². The summed E-state index contributed by atoms with van der Waals surface area (Å²) in [6, 6.07) is 13.0. The Hall–Kier alpha value is -2.97. The van der Waals surface area contributed by atoms with E-state index < -0.39 is 5.97 Å². The molecule has 156 valence electrons. The third-order valence-corrected chi connectivity index (χ3v) is 6.13. The molecule has 1 aliphatic rings. The Morgan fingerprint density at radius 2 is 2.00 bits per heavy atom. The van der Waals surface area contributed by atoms with Gasteiger partial charge < -0.3 is 14.1 Å². The van der Waals surface area contributed by atoms with E-state index in [0.717, 1.165) is 41.5 Å². The molecule has 0 spiro atoms. The van der Waals surface area contributed by atoms with Crippen molar-refractivity contribution in [3.63, 3.8) is 0 Å². The second-order valence-corrected chi connectivity index (χ2v) is 8.14. The van der Waals surface area contributed by atoms with Crippen LogP contribution in [0.25, 0.3) is 10.6 Å². The standard InChI is InChI=1S/C22H23N3O4S/c1-28-22(27)18-7-6-16(29-18)15-24-11-4-12-25(14-13-24)21(26)20-9-8-19(30-20)17-5-2-3-10-23-17/h2-3,5-10H,4,11-15H2,1H3. The van der Waals surface area contributed by atoms with Crippen molar-refractivity contribution in [2.45, 2.75) is 13.0 Å². The first kappa shape index (κ1) is 20.3. The highest BCUT2D eigenvalue weighted by Gasteiger charge is 2.23. The van der Waals surface area contributed by atoms with Crippen LogP contribution >= 0.6 is 11.3 Å². The second-order valence-electron chi connectivity index (χ2n) is 7.06. The summed E-state index contributed by atoms with van der Waals surface area (Å²) in [6.07, 6.45) is 2.64. The van der Waals surface area contributed by atoms with Crippen molar-refractivity contribution in [1.29, 1.82) is 0 Å². The zero-order chi connectivity index (χ0) is 20.9. The number of hydrogen-bond donors (Lipinski definition) is 0. The summed E-state index contributed by atoms with van der Waals surface area (Å²) >= 11 is 1.48. The van der Waals surface area contributed by atoms with Gasteiger partial charge >= 0.3 is 5.97 Å². The van der Waals surface area contributed by atoms with Crippen molar-refractivity contribution in [3.8, 4) is 10.6 Å². The summed E-state index contributed by atoms with van der Waals surface area (Å²) < 4.78 is 10.2. The van der Waals surface area contributed by atoms with Crippen LogP contribution in [0, 0.1) is 0 Å². The maximum atomic E-state index is 13.0. The summed E-state index contributed by atoms with van der Waals surface area (Å²) in [5, 5.41) is 0. The summed E-state index contributed by atoms with van der Waals surface area (Å²) in [4.78, 5) is 34.8. The molecule has 0 N–H and O–H groups in total.